The van der Waals surface area contributed by atoms with E-state index in [4.69, 9.17) is 0 Å². The minimum atomic E-state index is -0.123. The minimum Gasteiger partial charge on any atom is -0.309 e. The van der Waals surface area contributed by atoms with Crippen LogP contribution in [-0.4, -0.2) is 0 Å². The van der Waals surface area contributed by atoms with E-state index in [1.54, 1.807) is 0 Å². The van der Waals surface area contributed by atoms with E-state index in [1.165, 1.54) is 82.5 Å². The second-order valence-corrected chi connectivity index (χ2v) is 14.6. The highest BCUT2D eigenvalue weighted by Crippen LogP contribution is 2.54. The van der Waals surface area contributed by atoms with E-state index >= 15 is 0 Å². The second-order valence-electron chi connectivity index (χ2n) is 14.6. The molecule has 0 spiro atoms. The summed E-state index contributed by atoms with van der Waals surface area (Å²) < 4.78 is 0. The van der Waals surface area contributed by atoms with E-state index in [1.807, 2.05) is 0 Å². The summed E-state index contributed by atoms with van der Waals surface area (Å²) in [4.78, 5) is 2.49. The first-order chi connectivity index (χ1) is 25.5. The van der Waals surface area contributed by atoms with Gasteiger partial charge in [0.1, 0.15) is 0 Å². The molecule has 0 radical (unpaired) electrons. The Labute approximate surface area is 305 Å². The number of hydrogen-bond acceptors (Lipinski definition) is 1. The van der Waals surface area contributed by atoms with Gasteiger partial charge in [-0.3, -0.25) is 0 Å². The van der Waals surface area contributed by atoms with E-state index < -0.39 is 0 Å². The Hall–Kier alpha value is -6.44. The van der Waals surface area contributed by atoms with Gasteiger partial charge >= 0.3 is 0 Å². The van der Waals surface area contributed by atoms with Crippen molar-refractivity contribution in [2.24, 2.45) is 0 Å². The molecule has 0 saturated carbocycles. The normalized spacial score (nSPS) is 13.0. The highest BCUT2D eigenvalue weighted by molar-refractivity contribution is 6.08. The van der Waals surface area contributed by atoms with Gasteiger partial charge in [0.2, 0.25) is 0 Å². The van der Waals surface area contributed by atoms with E-state index in [-0.39, 0.29) is 5.41 Å². The fourth-order valence-electron chi connectivity index (χ4n) is 8.67. The molecule has 1 heteroatoms. The maximum Gasteiger partial charge on any atom is 0.0618 e. The van der Waals surface area contributed by atoms with Gasteiger partial charge in [-0.1, -0.05) is 172 Å². The largest absolute Gasteiger partial charge is 0.309 e. The Morgan fingerprint density at radius 3 is 1.69 bits per heavy atom. The van der Waals surface area contributed by atoms with Crippen molar-refractivity contribution in [2.45, 2.75) is 19.3 Å². The Balaban J connectivity index is 1.24. The Bertz CT molecular complexity index is 2810. The summed E-state index contributed by atoms with van der Waals surface area (Å²) in [6, 6.07) is 69.2. The van der Waals surface area contributed by atoms with Crippen molar-refractivity contribution >= 4 is 49.4 Å². The molecule has 52 heavy (non-hydrogen) atoms. The standard InChI is InChI=1S/C51H37N/c1-51(2)48-31-28-42(33-47(48)46-30-25-37-15-8-10-18-43(37)49(46)51)52(41-26-22-36(23-27-41)34-12-4-3-5-13-34)50-44-19-11-9-16-38(44)24-29-45(50)40-21-20-35-14-6-7-17-39(35)32-40/h3-33H,1-2H3. The summed E-state index contributed by atoms with van der Waals surface area (Å²) in [7, 11) is 0. The summed E-state index contributed by atoms with van der Waals surface area (Å²) in [5.41, 5.74) is 13.5. The molecule has 1 aliphatic rings. The van der Waals surface area contributed by atoms with Crippen LogP contribution in [-0.2, 0) is 5.41 Å². The van der Waals surface area contributed by atoms with Crippen LogP contribution in [0.5, 0.6) is 0 Å². The molecule has 0 amide bonds. The summed E-state index contributed by atoms with van der Waals surface area (Å²) in [5.74, 6) is 0. The van der Waals surface area contributed by atoms with E-state index in [0.717, 1.165) is 11.4 Å². The number of benzene rings is 9. The lowest BCUT2D eigenvalue weighted by atomic mass is 9.80. The molecule has 1 aliphatic carbocycles. The van der Waals surface area contributed by atoms with E-state index in [2.05, 4.69) is 207 Å². The van der Waals surface area contributed by atoms with Crippen molar-refractivity contribution in [3.63, 3.8) is 0 Å². The van der Waals surface area contributed by atoms with Gasteiger partial charge in [0.05, 0.1) is 5.69 Å². The lowest BCUT2D eigenvalue weighted by Crippen LogP contribution is -2.16. The third-order valence-corrected chi connectivity index (χ3v) is 11.2. The molecule has 9 aromatic rings. The highest BCUT2D eigenvalue weighted by Gasteiger charge is 2.37. The molecule has 9 aromatic carbocycles. The third-order valence-electron chi connectivity index (χ3n) is 11.2. The first kappa shape index (κ1) is 30.4. The fourth-order valence-corrected chi connectivity index (χ4v) is 8.67. The van der Waals surface area contributed by atoms with Crippen molar-refractivity contribution in [3.05, 3.63) is 199 Å². The molecule has 10 rings (SSSR count). The van der Waals surface area contributed by atoms with Crippen molar-refractivity contribution in [1.82, 2.24) is 0 Å². The van der Waals surface area contributed by atoms with Crippen LogP contribution < -0.4 is 4.90 Å². The summed E-state index contributed by atoms with van der Waals surface area (Å²) in [6.07, 6.45) is 0. The zero-order chi connectivity index (χ0) is 34.8. The first-order valence-electron chi connectivity index (χ1n) is 18.2. The van der Waals surface area contributed by atoms with Crippen molar-refractivity contribution < 1.29 is 0 Å². The third kappa shape index (κ3) is 4.77. The van der Waals surface area contributed by atoms with Crippen LogP contribution >= 0.6 is 0 Å². The lowest BCUT2D eigenvalue weighted by molar-refractivity contribution is 0.666. The zero-order valence-corrected chi connectivity index (χ0v) is 29.3. The first-order valence-corrected chi connectivity index (χ1v) is 18.2. The van der Waals surface area contributed by atoms with Crippen LogP contribution in [0, 0.1) is 0 Å². The number of rotatable bonds is 5. The average molecular weight is 664 g/mol. The van der Waals surface area contributed by atoms with Crippen molar-refractivity contribution in [2.75, 3.05) is 4.90 Å². The molecular formula is C51H37N. The van der Waals surface area contributed by atoms with Gasteiger partial charge in [-0.15, -0.1) is 0 Å². The molecular weight excluding hydrogens is 627 g/mol. The number of anilines is 3. The zero-order valence-electron chi connectivity index (χ0n) is 29.3. The molecule has 0 atom stereocenters. The van der Waals surface area contributed by atoms with Crippen molar-refractivity contribution in [1.29, 1.82) is 0 Å². The maximum absolute atomic E-state index is 2.49. The van der Waals surface area contributed by atoms with Gasteiger partial charge in [-0.25, -0.2) is 0 Å². The summed E-state index contributed by atoms with van der Waals surface area (Å²) in [5, 5.41) is 7.54. The molecule has 0 fully saturated rings. The second kappa shape index (κ2) is 11.8. The summed E-state index contributed by atoms with van der Waals surface area (Å²) >= 11 is 0. The Morgan fingerprint density at radius 2 is 0.923 bits per heavy atom. The smallest absolute Gasteiger partial charge is 0.0618 e. The van der Waals surface area contributed by atoms with Crippen LogP contribution in [0.4, 0.5) is 17.1 Å². The summed E-state index contributed by atoms with van der Waals surface area (Å²) in [6.45, 7) is 4.76. The van der Waals surface area contributed by atoms with Gasteiger partial charge < -0.3 is 4.90 Å². The molecule has 246 valence electrons. The van der Waals surface area contributed by atoms with Crippen LogP contribution in [0.1, 0.15) is 25.0 Å². The SMILES string of the molecule is CC1(C)c2ccc(N(c3ccc(-c4ccccc4)cc3)c3c(-c4ccc5ccccc5c4)ccc4ccccc34)cc2-c2ccc3ccccc3c21. The molecule has 0 heterocycles. The maximum atomic E-state index is 2.49. The molecule has 0 unspecified atom stereocenters. The van der Waals surface area contributed by atoms with E-state index in [0.29, 0.717) is 0 Å². The molecule has 0 aliphatic heterocycles. The molecule has 0 N–H and O–H groups in total. The highest BCUT2D eigenvalue weighted by atomic mass is 15.1. The van der Waals surface area contributed by atoms with Crippen LogP contribution in [0.15, 0.2) is 188 Å². The van der Waals surface area contributed by atoms with Crippen LogP contribution in [0.3, 0.4) is 0 Å². The predicted octanol–water partition coefficient (Wildman–Crippen LogP) is 14.3. The van der Waals surface area contributed by atoms with Gasteiger partial charge in [0.25, 0.3) is 0 Å². The van der Waals surface area contributed by atoms with Gasteiger partial charge in [0, 0.05) is 27.7 Å². The van der Waals surface area contributed by atoms with Crippen LogP contribution in [0.2, 0.25) is 0 Å². The van der Waals surface area contributed by atoms with Gasteiger partial charge in [-0.2, -0.15) is 0 Å². The number of nitrogens with zero attached hydrogens (tertiary/aromatic N) is 1. The minimum absolute atomic E-state index is 0.123. The molecule has 1 nitrogen and oxygen atoms in total. The Kier molecular flexibility index (Phi) is 6.91. The fraction of sp³-hybridized carbons (Fsp3) is 0.0588. The number of hydrogen-bond donors (Lipinski definition) is 0. The molecule has 0 bridgehead atoms. The number of fused-ring (bicyclic) bond motifs is 7. The van der Waals surface area contributed by atoms with E-state index in [9.17, 15) is 0 Å². The van der Waals surface area contributed by atoms with Crippen LogP contribution in [0.25, 0.3) is 65.7 Å². The molecule has 0 aromatic heterocycles. The lowest BCUT2D eigenvalue weighted by Gasteiger charge is -2.30. The van der Waals surface area contributed by atoms with Gasteiger partial charge in [0.15, 0.2) is 0 Å². The quantitative estimate of drug-likeness (QED) is 0.177. The average Bonchev–Trinajstić information content (AvgIpc) is 3.44. The van der Waals surface area contributed by atoms with Crippen molar-refractivity contribution in [3.8, 4) is 33.4 Å². The Morgan fingerprint density at radius 1 is 0.365 bits per heavy atom. The predicted molar refractivity (Wildman–Crippen MR) is 222 cm³/mol. The molecule has 0 saturated heterocycles. The van der Waals surface area contributed by atoms with Gasteiger partial charge in [-0.05, 0) is 96.2 Å². The topological polar surface area (TPSA) is 3.24 Å². The monoisotopic (exact) mass is 663 g/mol.